The maximum Gasteiger partial charge on any atom is 0.222 e. The minimum absolute atomic E-state index is 0.135. The van der Waals surface area contributed by atoms with Crippen LogP contribution >= 0.6 is 11.8 Å². The van der Waals surface area contributed by atoms with Crippen LogP contribution in [-0.2, 0) is 4.79 Å². The number of thioether (sulfide) groups is 1. The highest BCUT2D eigenvalue weighted by Crippen LogP contribution is 2.16. The molecule has 0 saturated heterocycles. The van der Waals surface area contributed by atoms with Gasteiger partial charge in [0, 0.05) is 31.3 Å². The van der Waals surface area contributed by atoms with Crippen molar-refractivity contribution in [3.63, 3.8) is 0 Å². The summed E-state index contributed by atoms with van der Waals surface area (Å²) in [4.78, 5) is 13.3. The van der Waals surface area contributed by atoms with E-state index in [1.807, 2.05) is 6.07 Å². The van der Waals surface area contributed by atoms with Crippen LogP contribution in [0.5, 0.6) is 0 Å². The molecule has 1 rings (SSSR count). The largest absolute Gasteiger partial charge is 0.309 e. The fourth-order valence-electron chi connectivity index (χ4n) is 2.01. The molecule has 0 aromatic carbocycles. The number of nitrogens with zero attached hydrogens (tertiary/aromatic N) is 3. The van der Waals surface area contributed by atoms with Crippen LogP contribution in [0.25, 0.3) is 0 Å². The molecule has 6 heteroatoms. The van der Waals surface area contributed by atoms with Gasteiger partial charge in [0.2, 0.25) is 5.91 Å². The zero-order valence-corrected chi connectivity index (χ0v) is 13.7. The van der Waals surface area contributed by atoms with Crippen molar-refractivity contribution >= 4 is 23.5 Å². The van der Waals surface area contributed by atoms with E-state index in [-0.39, 0.29) is 5.91 Å². The average Bonchev–Trinajstić information content (AvgIpc) is 2.35. The van der Waals surface area contributed by atoms with Gasteiger partial charge in [-0.25, -0.2) is 0 Å². The standard InChI is InChI=1S/C14H24N4OS/c1-10(2)18(11(3)4)8-9-20-14-7-6-13(16-17-14)15-12(5)19/h6-7,10-11H,8-9H2,1-5H3,(H,15,16,19). The number of hydrogen-bond donors (Lipinski definition) is 1. The molecule has 0 aliphatic carbocycles. The van der Waals surface area contributed by atoms with Gasteiger partial charge in [-0.05, 0) is 39.8 Å². The van der Waals surface area contributed by atoms with Gasteiger partial charge in [-0.3, -0.25) is 9.69 Å². The van der Waals surface area contributed by atoms with Gasteiger partial charge in [-0.1, -0.05) is 0 Å². The third-order valence-corrected chi connectivity index (χ3v) is 3.77. The number of rotatable bonds is 7. The first-order valence-electron chi connectivity index (χ1n) is 6.90. The van der Waals surface area contributed by atoms with E-state index >= 15 is 0 Å². The second kappa shape index (κ2) is 8.21. The van der Waals surface area contributed by atoms with E-state index in [2.05, 4.69) is 48.1 Å². The lowest BCUT2D eigenvalue weighted by molar-refractivity contribution is -0.114. The van der Waals surface area contributed by atoms with Crippen molar-refractivity contribution in [2.75, 3.05) is 17.6 Å². The zero-order valence-electron chi connectivity index (χ0n) is 12.9. The molecule has 1 aromatic heterocycles. The molecule has 1 N–H and O–H groups in total. The van der Waals surface area contributed by atoms with Gasteiger partial charge in [0.25, 0.3) is 0 Å². The van der Waals surface area contributed by atoms with Gasteiger partial charge in [-0.15, -0.1) is 22.0 Å². The van der Waals surface area contributed by atoms with E-state index < -0.39 is 0 Å². The summed E-state index contributed by atoms with van der Waals surface area (Å²) < 4.78 is 0. The Bertz CT molecular complexity index is 412. The van der Waals surface area contributed by atoms with Crippen LogP contribution < -0.4 is 5.32 Å². The zero-order chi connectivity index (χ0) is 15.1. The quantitative estimate of drug-likeness (QED) is 0.784. The molecule has 0 saturated carbocycles. The molecule has 0 aliphatic heterocycles. The van der Waals surface area contributed by atoms with Gasteiger partial charge in [0.1, 0.15) is 5.03 Å². The van der Waals surface area contributed by atoms with E-state index in [0.717, 1.165) is 17.3 Å². The van der Waals surface area contributed by atoms with Crippen LogP contribution in [0.4, 0.5) is 5.82 Å². The Morgan fingerprint density at radius 2 is 1.90 bits per heavy atom. The summed E-state index contributed by atoms with van der Waals surface area (Å²) in [6.07, 6.45) is 0. The Morgan fingerprint density at radius 3 is 2.35 bits per heavy atom. The molecule has 20 heavy (non-hydrogen) atoms. The Balaban J connectivity index is 2.43. The number of carbonyl (C=O) groups excluding carboxylic acids is 1. The fraction of sp³-hybridized carbons (Fsp3) is 0.643. The normalized spacial score (nSPS) is 11.4. The number of anilines is 1. The first kappa shape index (κ1) is 16.9. The molecule has 0 spiro atoms. The highest BCUT2D eigenvalue weighted by Gasteiger charge is 2.12. The maximum atomic E-state index is 10.9. The van der Waals surface area contributed by atoms with Crippen molar-refractivity contribution in [3.05, 3.63) is 12.1 Å². The molecule has 0 unspecified atom stereocenters. The molecular formula is C14H24N4OS. The molecule has 0 atom stereocenters. The van der Waals surface area contributed by atoms with E-state index in [9.17, 15) is 4.79 Å². The Morgan fingerprint density at radius 1 is 1.25 bits per heavy atom. The van der Waals surface area contributed by atoms with Gasteiger partial charge in [0.15, 0.2) is 5.82 Å². The van der Waals surface area contributed by atoms with Crippen LogP contribution in [0.15, 0.2) is 17.2 Å². The Labute approximate surface area is 125 Å². The van der Waals surface area contributed by atoms with E-state index in [1.54, 1.807) is 17.8 Å². The molecule has 0 bridgehead atoms. The monoisotopic (exact) mass is 296 g/mol. The second-order valence-corrected chi connectivity index (χ2v) is 6.33. The molecule has 0 aliphatic rings. The van der Waals surface area contributed by atoms with Crippen LogP contribution in [0.2, 0.25) is 0 Å². The lowest BCUT2D eigenvalue weighted by atomic mass is 10.2. The SMILES string of the molecule is CC(=O)Nc1ccc(SCCN(C(C)C)C(C)C)nn1. The van der Waals surface area contributed by atoms with Crippen molar-refractivity contribution in [1.82, 2.24) is 15.1 Å². The number of aromatic nitrogens is 2. The van der Waals surface area contributed by atoms with Gasteiger partial charge in [-0.2, -0.15) is 0 Å². The summed E-state index contributed by atoms with van der Waals surface area (Å²) in [6.45, 7) is 11.3. The Kier molecular flexibility index (Phi) is 6.95. The third-order valence-electron chi connectivity index (χ3n) is 2.87. The summed E-state index contributed by atoms with van der Waals surface area (Å²) in [7, 11) is 0. The smallest absolute Gasteiger partial charge is 0.222 e. The number of hydrogen-bond acceptors (Lipinski definition) is 5. The molecule has 5 nitrogen and oxygen atoms in total. The van der Waals surface area contributed by atoms with Crippen molar-refractivity contribution in [3.8, 4) is 0 Å². The van der Waals surface area contributed by atoms with Crippen molar-refractivity contribution in [2.24, 2.45) is 0 Å². The fourth-order valence-corrected chi connectivity index (χ4v) is 2.79. The maximum absolute atomic E-state index is 10.9. The van der Waals surface area contributed by atoms with Crippen LogP contribution in [0.1, 0.15) is 34.6 Å². The van der Waals surface area contributed by atoms with Crippen LogP contribution in [0, 0.1) is 0 Å². The highest BCUT2D eigenvalue weighted by molar-refractivity contribution is 7.99. The molecule has 1 amide bonds. The second-order valence-electron chi connectivity index (χ2n) is 5.21. The minimum atomic E-state index is -0.135. The van der Waals surface area contributed by atoms with Crippen LogP contribution in [-0.4, -0.2) is 45.4 Å². The molecule has 1 aromatic rings. The number of nitrogens with one attached hydrogen (secondary N) is 1. The minimum Gasteiger partial charge on any atom is -0.309 e. The van der Waals surface area contributed by atoms with E-state index in [4.69, 9.17) is 0 Å². The molecule has 1 heterocycles. The summed E-state index contributed by atoms with van der Waals surface area (Å²) in [5.74, 6) is 1.34. The first-order chi connectivity index (χ1) is 9.40. The highest BCUT2D eigenvalue weighted by atomic mass is 32.2. The van der Waals surface area contributed by atoms with Crippen molar-refractivity contribution < 1.29 is 4.79 Å². The summed E-state index contributed by atoms with van der Waals surface area (Å²) >= 11 is 1.68. The third kappa shape index (κ3) is 5.88. The molecule has 112 valence electrons. The predicted molar refractivity (Wildman–Crippen MR) is 84.0 cm³/mol. The van der Waals surface area contributed by atoms with Crippen molar-refractivity contribution in [1.29, 1.82) is 0 Å². The topological polar surface area (TPSA) is 58.1 Å². The lowest BCUT2D eigenvalue weighted by Crippen LogP contribution is -2.38. The Hall–Kier alpha value is -1.14. The summed E-state index contributed by atoms with van der Waals surface area (Å²) in [5, 5.41) is 11.6. The lowest BCUT2D eigenvalue weighted by Gasteiger charge is -2.30. The summed E-state index contributed by atoms with van der Waals surface area (Å²) in [6, 6.07) is 4.75. The van der Waals surface area contributed by atoms with Crippen LogP contribution in [0.3, 0.4) is 0 Å². The molecule has 0 fully saturated rings. The molecular weight excluding hydrogens is 272 g/mol. The summed E-state index contributed by atoms with van der Waals surface area (Å²) in [5.41, 5.74) is 0. The predicted octanol–water partition coefficient (Wildman–Crippen LogP) is 2.65. The van der Waals surface area contributed by atoms with E-state index in [1.165, 1.54) is 6.92 Å². The number of carbonyl (C=O) groups is 1. The van der Waals surface area contributed by atoms with Gasteiger partial charge in [0.05, 0.1) is 0 Å². The first-order valence-corrected chi connectivity index (χ1v) is 7.88. The van der Waals surface area contributed by atoms with Crippen molar-refractivity contribution in [2.45, 2.75) is 51.7 Å². The average molecular weight is 296 g/mol. The van der Waals surface area contributed by atoms with E-state index in [0.29, 0.717) is 17.9 Å². The number of amides is 1. The van der Waals surface area contributed by atoms with Gasteiger partial charge >= 0.3 is 0 Å². The van der Waals surface area contributed by atoms with Gasteiger partial charge < -0.3 is 5.32 Å². The molecule has 0 radical (unpaired) electrons.